The second kappa shape index (κ2) is 7.59. The predicted molar refractivity (Wildman–Crippen MR) is 82.1 cm³/mol. The van der Waals surface area contributed by atoms with Gasteiger partial charge in [0, 0.05) is 17.3 Å². The number of aryl methyl sites for hydroxylation is 2. The zero-order valence-corrected chi connectivity index (χ0v) is 13.4. The number of nitrogens with one attached hydrogen (secondary N) is 2. The second-order valence-electron chi connectivity index (χ2n) is 5.89. The van der Waals surface area contributed by atoms with Crippen molar-refractivity contribution in [2.75, 3.05) is 6.61 Å². The van der Waals surface area contributed by atoms with Crippen LogP contribution in [0.5, 0.6) is 0 Å². The predicted octanol–water partition coefficient (Wildman–Crippen LogP) is 2.94. The smallest absolute Gasteiger partial charge is 0.327 e. The summed E-state index contributed by atoms with van der Waals surface area (Å²) in [4.78, 5) is 12.4. The van der Waals surface area contributed by atoms with Crippen molar-refractivity contribution in [1.82, 2.24) is 15.5 Å². The van der Waals surface area contributed by atoms with E-state index < -0.39 is 6.04 Å². The first kappa shape index (κ1) is 16.0. The lowest BCUT2D eigenvalue weighted by atomic mass is 10.0. The molecule has 1 unspecified atom stereocenters. The molecule has 1 saturated carbocycles. The maximum absolute atomic E-state index is 12.4. The van der Waals surface area contributed by atoms with Crippen LogP contribution in [0, 0.1) is 13.8 Å². The van der Waals surface area contributed by atoms with Crippen LogP contribution < -0.4 is 5.32 Å². The third kappa shape index (κ3) is 4.06. The molecule has 1 aliphatic carbocycles. The highest BCUT2D eigenvalue weighted by molar-refractivity contribution is 5.78. The van der Waals surface area contributed by atoms with E-state index in [2.05, 4.69) is 15.5 Å². The first-order valence-electron chi connectivity index (χ1n) is 8.07. The molecule has 1 aromatic rings. The summed E-state index contributed by atoms with van der Waals surface area (Å²) in [7, 11) is 0. The van der Waals surface area contributed by atoms with Gasteiger partial charge in [-0.25, -0.2) is 4.79 Å². The first-order chi connectivity index (χ1) is 10.1. The molecule has 2 N–H and O–H groups in total. The minimum Gasteiger partial charge on any atom is -0.465 e. The Balaban J connectivity index is 2.17. The van der Waals surface area contributed by atoms with Gasteiger partial charge < -0.3 is 4.74 Å². The van der Waals surface area contributed by atoms with Gasteiger partial charge in [0.15, 0.2) is 0 Å². The molecule has 0 saturated heterocycles. The van der Waals surface area contributed by atoms with E-state index in [0.29, 0.717) is 12.6 Å². The Kier molecular flexibility index (Phi) is 5.79. The summed E-state index contributed by atoms with van der Waals surface area (Å²) in [6, 6.07) is -0.0255. The minimum atomic E-state index is -0.410. The summed E-state index contributed by atoms with van der Waals surface area (Å²) in [5.74, 6) is -0.200. The molecule has 0 amide bonds. The van der Waals surface area contributed by atoms with Gasteiger partial charge in [-0.05, 0) is 33.6 Å². The molecule has 1 fully saturated rings. The van der Waals surface area contributed by atoms with Crippen LogP contribution in [0.25, 0.3) is 0 Å². The molecule has 1 atom stereocenters. The second-order valence-corrected chi connectivity index (χ2v) is 5.89. The molecule has 5 nitrogen and oxygen atoms in total. The van der Waals surface area contributed by atoms with Crippen LogP contribution in [0.1, 0.15) is 68.4 Å². The lowest BCUT2D eigenvalue weighted by Gasteiger charge is -2.24. The van der Waals surface area contributed by atoms with Crippen molar-refractivity contribution in [1.29, 1.82) is 0 Å². The van der Waals surface area contributed by atoms with E-state index in [1.165, 1.54) is 25.7 Å². The maximum Gasteiger partial charge on any atom is 0.327 e. The average Bonchev–Trinajstić information content (AvgIpc) is 2.68. The van der Waals surface area contributed by atoms with Crippen molar-refractivity contribution >= 4 is 5.97 Å². The molecule has 0 bridgehead atoms. The first-order valence-corrected chi connectivity index (χ1v) is 8.07. The highest BCUT2D eigenvalue weighted by Gasteiger charge is 2.29. The number of ether oxygens (including phenoxy) is 1. The Hall–Kier alpha value is -1.36. The van der Waals surface area contributed by atoms with Crippen LogP contribution >= 0.6 is 0 Å². The summed E-state index contributed by atoms with van der Waals surface area (Å²) in [6.07, 6.45) is 7.32. The SMILES string of the molecule is CCOC(=O)C(NC1CCCCCC1)c1c(C)n[nH]c1C. The van der Waals surface area contributed by atoms with Gasteiger partial charge >= 0.3 is 5.97 Å². The van der Waals surface area contributed by atoms with Gasteiger partial charge in [-0.3, -0.25) is 10.4 Å². The van der Waals surface area contributed by atoms with Gasteiger partial charge in [0.2, 0.25) is 0 Å². The average molecular weight is 293 g/mol. The van der Waals surface area contributed by atoms with Crippen molar-refractivity contribution < 1.29 is 9.53 Å². The van der Waals surface area contributed by atoms with E-state index in [4.69, 9.17) is 4.74 Å². The summed E-state index contributed by atoms with van der Waals surface area (Å²) >= 11 is 0. The summed E-state index contributed by atoms with van der Waals surface area (Å²) in [5, 5.41) is 10.7. The van der Waals surface area contributed by atoms with Gasteiger partial charge in [-0.2, -0.15) is 5.10 Å². The summed E-state index contributed by atoms with van der Waals surface area (Å²) in [5.41, 5.74) is 2.75. The van der Waals surface area contributed by atoms with Crippen molar-refractivity contribution in [2.45, 2.75) is 71.4 Å². The summed E-state index contributed by atoms with van der Waals surface area (Å²) in [6.45, 7) is 6.13. The molecule has 0 radical (unpaired) electrons. The fourth-order valence-electron chi connectivity index (χ4n) is 3.16. The lowest BCUT2D eigenvalue weighted by molar-refractivity contribution is -0.146. The van der Waals surface area contributed by atoms with Gasteiger partial charge in [-0.15, -0.1) is 0 Å². The number of hydrogen-bond donors (Lipinski definition) is 2. The number of aromatic amines is 1. The Morgan fingerprint density at radius 1 is 1.33 bits per heavy atom. The van der Waals surface area contributed by atoms with E-state index in [9.17, 15) is 4.79 Å². The number of nitrogens with zero attached hydrogens (tertiary/aromatic N) is 1. The Labute approximate surface area is 126 Å². The number of rotatable bonds is 5. The quantitative estimate of drug-likeness (QED) is 0.647. The normalized spacial score (nSPS) is 18.2. The van der Waals surface area contributed by atoms with Crippen LogP contribution in [-0.2, 0) is 9.53 Å². The van der Waals surface area contributed by atoms with Crippen LogP contribution in [0.2, 0.25) is 0 Å². The monoisotopic (exact) mass is 293 g/mol. The number of aromatic nitrogens is 2. The maximum atomic E-state index is 12.4. The zero-order chi connectivity index (χ0) is 15.2. The van der Waals surface area contributed by atoms with Crippen molar-refractivity contribution in [3.05, 3.63) is 17.0 Å². The van der Waals surface area contributed by atoms with E-state index in [-0.39, 0.29) is 5.97 Å². The van der Waals surface area contributed by atoms with Gasteiger partial charge in [0.05, 0.1) is 12.3 Å². The minimum absolute atomic E-state index is 0.200. The highest BCUT2D eigenvalue weighted by atomic mass is 16.5. The molecule has 5 heteroatoms. The molecular formula is C16H27N3O2. The Morgan fingerprint density at radius 2 is 2.00 bits per heavy atom. The number of carbonyl (C=O) groups is 1. The van der Waals surface area contributed by atoms with E-state index >= 15 is 0 Å². The van der Waals surface area contributed by atoms with Crippen LogP contribution in [-0.4, -0.2) is 28.8 Å². The van der Waals surface area contributed by atoms with Crippen molar-refractivity contribution in [3.8, 4) is 0 Å². The standard InChI is InChI=1S/C16H27N3O2/c1-4-21-16(20)15(14-11(2)18-19-12(14)3)17-13-9-7-5-6-8-10-13/h13,15,17H,4-10H2,1-3H3,(H,18,19). The topological polar surface area (TPSA) is 67.0 Å². The Bertz CT molecular complexity index is 443. The summed E-state index contributed by atoms with van der Waals surface area (Å²) < 4.78 is 5.27. The molecule has 0 aromatic carbocycles. The molecule has 0 spiro atoms. The molecule has 0 aliphatic heterocycles. The molecule has 1 heterocycles. The number of carbonyl (C=O) groups excluding carboxylic acids is 1. The van der Waals surface area contributed by atoms with Gasteiger partial charge in [0.25, 0.3) is 0 Å². The Morgan fingerprint density at radius 3 is 2.52 bits per heavy atom. The highest BCUT2D eigenvalue weighted by Crippen LogP contribution is 2.25. The van der Waals surface area contributed by atoms with E-state index in [1.54, 1.807) is 0 Å². The van der Waals surface area contributed by atoms with Crippen LogP contribution in [0.4, 0.5) is 0 Å². The lowest BCUT2D eigenvalue weighted by Crippen LogP contribution is -2.38. The van der Waals surface area contributed by atoms with E-state index in [0.717, 1.165) is 29.8 Å². The van der Waals surface area contributed by atoms with Crippen LogP contribution in [0.3, 0.4) is 0 Å². The molecule has 2 rings (SSSR count). The molecule has 1 aromatic heterocycles. The number of esters is 1. The molecular weight excluding hydrogens is 266 g/mol. The number of H-pyrrole nitrogens is 1. The molecule has 118 valence electrons. The zero-order valence-electron chi connectivity index (χ0n) is 13.4. The molecule has 21 heavy (non-hydrogen) atoms. The fraction of sp³-hybridized carbons (Fsp3) is 0.750. The fourth-order valence-corrected chi connectivity index (χ4v) is 3.16. The number of hydrogen-bond acceptors (Lipinski definition) is 4. The van der Waals surface area contributed by atoms with Crippen LogP contribution in [0.15, 0.2) is 0 Å². The molecule has 1 aliphatic rings. The van der Waals surface area contributed by atoms with Gasteiger partial charge in [0.1, 0.15) is 6.04 Å². The van der Waals surface area contributed by atoms with E-state index in [1.807, 2.05) is 20.8 Å². The van der Waals surface area contributed by atoms with Gasteiger partial charge in [-0.1, -0.05) is 25.7 Å². The van der Waals surface area contributed by atoms with Crippen molar-refractivity contribution in [3.63, 3.8) is 0 Å². The van der Waals surface area contributed by atoms with Crippen molar-refractivity contribution in [2.24, 2.45) is 0 Å². The third-order valence-electron chi connectivity index (χ3n) is 4.25. The largest absolute Gasteiger partial charge is 0.465 e. The third-order valence-corrected chi connectivity index (χ3v) is 4.25.